The lowest BCUT2D eigenvalue weighted by atomic mass is 10.0. The Hall–Kier alpha value is -3.77. The molecule has 9 nitrogen and oxygen atoms in total. The van der Waals surface area contributed by atoms with Crippen molar-refractivity contribution in [3.8, 4) is 17.0 Å². The molecular weight excluding hydrogens is 564 g/mol. The van der Waals surface area contributed by atoms with E-state index in [0.717, 1.165) is 42.7 Å². The lowest BCUT2D eigenvalue weighted by Gasteiger charge is -2.28. The van der Waals surface area contributed by atoms with Crippen molar-refractivity contribution in [3.05, 3.63) is 53.5 Å². The first kappa shape index (κ1) is 28.4. The van der Waals surface area contributed by atoms with Crippen molar-refractivity contribution in [3.63, 3.8) is 0 Å². The number of hydrogen-bond acceptors (Lipinski definition) is 6. The molecule has 6 rings (SSSR count). The molecule has 2 fully saturated rings. The van der Waals surface area contributed by atoms with Crippen LogP contribution in [0.3, 0.4) is 0 Å². The summed E-state index contributed by atoms with van der Waals surface area (Å²) in [4.78, 5) is 33.5. The molecule has 2 aliphatic rings. The van der Waals surface area contributed by atoms with Gasteiger partial charge in [0.2, 0.25) is 0 Å². The molecule has 4 aromatic rings. The fourth-order valence-electron chi connectivity index (χ4n) is 6.01. The van der Waals surface area contributed by atoms with Crippen LogP contribution in [0.4, 0.5) is 13.6 Å². The summed E-state index contributed by atoms with van der Waals surface area (Å²) < 4.78 is 36.9. The molecule has 222 valence electrons. The van der Waals surface area contributed by atoms with Gasteiger partial charge in [-0.3, -0.25) is 9.20 Å². The molecule has 0 aliphatic carbocycles. The highest BCUT2D eigenvalue weighted by atomic mass is 32.1. The predicted octanol–water partition coefficient (Wildman–Crippen LogP) is 5.73. The number of carbonyl (C=O) groups excluding carboxylic acids is 1. The Morgan fingerprint density at radius 3 is 2.71 bits per heavy atom. The first-order valence-corrected chi connectivity index (χ1v) is 15.1. The van der Waals surface area contributed by atoms with Gasteiger partial charge in [-0.1, -0.05) is 17.4 Å². The van der Waals surface area contributed by atoms with Crippen LogP contribution in [-0.4, -0.2) is 82.3 Å². The number of likely N-dealkylation sites (tertiary alicyclic amines) is 2. The number of aromatic nitrogens is 2. The van der Waals surface area contributed by atoms with Gasteiger partial charge in [-0.2, -0.15) is 0 Å². The van der Waals surface area contributed by atoms with E-state index >= 15 is 4.39 Å². The lowest BCUT2D eigenvalue weighted by molar-refractivity contribution is 0.0946. The van der Waals surface area contributed by atoms with E-state index in [1.807, 2.05) is 4.40 Å². The molecule has 0 saturated carbocycles. The smallest absolute Gasteiger partial charge is 0.407 e. The number of ether oxygens (including phenoxy) is 1. The summed E-state index contributed by atoms with van der Waals surface area (Å²) in [5, 5.41) is 12.4. The number of alkyl halides is 1. The summed E-state index contributed by atoms with van der Waals surface area (Å²) in [6, 6.07) is 8.08. The maximum atomic E-state index is 15.3. The fourth-order valence-corrected chi connectivity index (χ4v) is 7.04. The highest BCUT2D eigenvalue weighted by Gasteiger charge is 2.30. The second kappa shape index (κ2) is 11.8. The lowest BCUT2D eigenvalue weighted by Crippen LogP contribution is -2.36. The number of carboxylic acid groups (broad SMARTS) is 1. The Labute approximate surface area is 245 Å². The normalized spacial score (nSPS) is 18.3. The van der Waals surface area contributed by atoms with Gasteiger partial charge in [0, 0.05) is 44.0 Å². The minimum absolute atomic E-state index is 0.228. The summed E-state index contributed by atoms with van der Waals surface area (Å²) in [6.07, 6.45) is 3.41. The van der Waals surface area contributed by atoms with E-state index in [-0.39, 0.29) is 11.9 Å². The maximum Gasteiger partial charge on any atom is 0.407 e. The average molecular weight is 598 g/mol. The van der Waals surface area contributed by atoms with Gasteiger partial charge in [0.25, 0.3) is 5.91 Å². The number of halogens is 2. The van der Waals surface area contributed by atoms with Crippen LogP contribution >= 0.6 is 11.3 Å². The number of nitrogens with one attached hydrogen (secondary N) is 1. The zero-order valence-electron chi connectivity index (χ0n) is 23.3. The number of nitrogens with zero attached hydrogens (tertiary/aromatic N) is 4. The number of methoxy groups -OCH3 is 1. The van der Waals surface area contributed by atoms with Crippen LogP contribution in [0, 0.1) is 5.82 Å². The minimum atomic E-state index is -0.995. The van der Waals surface area contributed by atoms with Crippen molar-refractivity contribution < 1.29 is 28.2 Å². The van der Waals surface area contributed by atoms with Crippen LogP contribution in [0.5, 0.6) is 5.75 Å². The number of rotatable bonds is 8. The van der Waals surface area contributed by atoms with Gasteiger partial charge < -0.3 is 25.0 Å². The van der Waals surface area contributed by atoms with Crippen molar-refractivity contribution in [1.29, 1.82) is 0 Å². The fraction of sp³-hybridized carbons (Fsp3) is 0.433. The molecule has 2 amide bonds. The number of fused-ring (bicyclic) bond motifs is 3. The van der Waals surface area contributed by atoms with Gasteiger partial charge >= 0.3 is 6.09 Å². The van der Waals surface area contributed by atoms with Crippen LogP contribution in [-0.2, 0) is 0 Å². The molecule has 2 N–H and O–H groups in total. The third kappa shape index (κ3) is 5.52. The first-order valence-electron chi connectivity index (χ1n) is 14.3. The summed E-state index contributed by atoms with van der Waals surface area (Å²) in [5.41, 5.74) is 2.65. The Balaban J connectivity index is 1.18. The summed E-state index contributed by atoms with van der Waals surface area (Å²) in [5.74, 6) is -0.257. The highest BCUT2D eigenvalue weighted by Crippen LogP contribution is 2.37. The van der Waals surface area contributed by atoms with Crippen molar-refractivity contribution in [2.24, 2.45) is 0 Å². The van der Waals surface area contributed by atoms with Crippen molar-refractivity contribution in [1.82, 2.24) is 24.5 Å². The number of amides is 2. The van der Waals surface area contributed by atoms with Crippen LogP contribution in [0.2, 0.25) is 0 Å². The SMILES string of the molecule is COc1cc2c(cc1C(=O)NCCCN1CCC(F)CC1)sc1nc(-c3ccc([C@H]4CCCN4C(=O)O)cc3F)cn12. The molecular formula is C30H33F2N5O4S. The average Bonchev–Trinajstić information content (AvgIpc) is 3.70. The van der Waals surface area contributed by atoms with Crippen LogP contribution in [0.25, 0.3) is 26.4 Å². The van der Waals surface area contributed by atoms with E-state index in [2.05, 4.69) is 15.2 Å². The topological polar surface area (TPSA) is 99.4 Å². The van der Waals surface area contributed by atoms with Crippen molar-refractivity contribution >= 4 is 38.5 Å². The molecule has 4 heterocycles. The molecule has 2 aliphatic heterocycles. The number of hydrogen-bond donors (Lipinski definition) is 2. The molecule has 0 spiro atoms. The van der Waals surface area contributed by atoms with Gasteiger partial charge in [0.05, 0.1) is 34.6 Å². The second-order valence-electron chi connectivity index (χ2n) is 10.9. The molecule has 42 heavy (non-hydrogen) atoms. The Morgan fingerprint density at radius 1 is 1.17 bits per heavy atom. The number of benzene rings is 2. The van der Waals surface area contributed by atoms with Crippen molar-refractivity contribution in [2.75, 3.05) is 39.8 Å². The summed E-state index contributed by atoms with van der Waals surface area (Å²) >= 11 is 1.39. The van der Waals surface area contributed by atoms with Gasteiger partial charge in [-0.05, 0) is 62.4 Å². The first-order chi connectivity index (χ1) is 20.3. The van der Waals surface area contributed by atoms with Crippen molar-refractivity contribution in [2.45, 2.75) is 44.3 Å². The number of piperidine rings is 1. The maximum absolute atomic E-state index is 15.3. The number of carbonyl (C=O) groups is 2. The van der Waals surface area contributed by atoms with E-state index in [0.29, 0.717) is 65.4 Å². The predicted molar refractivity (Wildman–Crippen MR) is 157 cm³/mol. The molecule has 2 aromatic carbocycles. The molecule has 0 bridgehead atoms. The molecule has 2 aromatic heterocycles. The van der Waals surface area contributed by atoms with E-state index in [1.165, 1.54) is 29.4 Å². The number of thiazole rings is 1. The van der Waals surface area contributed by atoms with Crippen LogP contribution in [0.15, 0.2) is 36.5 Å². The van der Waals surface area contributed by atoms with Crippen LogP contribution < -0.4 is 10.1 Å². The highest BCUT2D eigenvalue weighted by molar-refractivity contribution is 7.23. The largest absolute Gasteiger partial charge is 0.496 e. The van der Waals surface area contributed by atoms with Gasteiger partial charge in [0.1, 0.15) is 17.7 Å². The molecule has 0 unspecified atom stereocenters. The van der Waals surface area contributed by atoms with E-state index < -0.39 is 18.1 Å². The zero-order valence-corrected chi connectivity index (χ0v) is 24.1. The molecule has 1 atom stereocenters. The van der Waals surface area contributed by atoms with Gasteiger partial charge in [-0.25, -0.2) is 18.6 Å². The Bertz CT molecular complexity index is 1630. The van der Waals surface area contributed by atoms with E-state index in [1.54, 1.807) is 30.5 Å². The quantitative estimate of drug-likeness (QED) is 0.252. The van der Waals surface area contributed by atoms with E-state index in [9.17, 15) is 19.1 Å². The van der Waals surface area contributed by atoms with E-state index in [4.69, 9.17) is 4.74 Å². The minimum Gasteiger partial charge on any atom is -0.496 e. The Kier molecular flexibility index (Phi) is 8.00. The summed E-state index contributed by atoms with van der Waals surface area (Å²) in [6.45, 7) is 3.28. The Morgan fingerprint density at radius 2 is 1.98 bits per heavy atom. The monoisotopic (exact) mass is 597 g/mol. The van der Waals surface area contributed by atoms with Crippen LogP contribution in [0.1, 0.15) is 54.1 Å². The third-order valence-corrected chi connectivity index (χ3v) is 9.28. The van der Waals surface area contributed by atoms with Gasteiger partial charge in [0.15, 0.2) is 4.96 Å². The standard InChI is InChI=1S/C30H33F2N5O4S/c1-41-26-16-25-27(15-21(26)28(38)33-9-3-10-35-12-7-19(31)8-13-35)42-29-34-23(17-37(25)29)20-6-5-18(14-22(20)32)24-4-2-11-36(24)30(39)40/h5-6,14-17,19,24H,2-4,7-13H2,1H3,(H,33,38)(H,39,40)/t24-/m1/s1. The molecule has 12 heteroatoms. The number of imidazole rings is 1. The molecule has 2 saturated heterocycles. The zero-order chi connectivity index (χ0) is 29.4. The molecule has 0 radical (unpaired) electrons. The summed E-state index contributed by atoms with van der Waals surface area (Å²) in [7, 11) is 1.52. The van der Waals surface area contributed by atoms with Gasteiger partial charge in [-0.15, -0.1) is 0 Å². The second-order valence-corrected chi connectivity index (χ2v) is 11.9. The third-order valence-electron chi connectivity index (χ3n) is 8.27.